The molecule has 2 aliphatic rings. The molecule has 0 saturated carbocycles. The smallest absolute Gasteiger partial charge is 0.200 e. The van der Waals surface area contributed by atoms with Gasteiger partial charge in [0.25, 0.3) is 0 Å². The Kier molecular flexibility index (Phi) is 10.4. The van der Waals surface area contributed by atoms with E-state index in [1.54, 1.807) is 7.05 Å². The zero-order valence-electron chi connectivity index (χ0n) is 14.4. The third-order valence-electron chi connectivity index (χ3n) is 2.62. The summed E-state index contributed by atoms with van der Waals surface area (Å²) in [5.74, 6) is 0. The highest BCUT2D eigenvalue weighted by Gasteiger charge is 2.31. The second-order valence-corrected chi connectivity index (χ2v) is 33.8. The SMILES string of the molecule is CNCNP1(S)=NP(S)(S)=NP(S)(NCNP2(S)=NP(S)(S)=NP(C)(S)=N2)=N1. The number of nitrogens with one attached hydrogen (secondary N) is 4. The third-order valence-corrected chi connectivity index (χ3v) is 29.7. The van der Waals surface area contributed by atoms with Gasteiger partial charge in [-0.2, -0.15) is 18.1 Å². The minimum atomic E-state index is -2.65. The van der Waals surface area contributed by atoms with E-state index in [0.717, 1.165) is 0 Å². The van der Waals surface area contributed by atoms with Crippen LogP contribution in [-0.2, 0) is 0 Å². The molecule has 2 heterocycles. The molecule has 0 bridgehead atoms. The van der Waals surface area contributed by atoms with Gasteiger partial charge in [0.2, 0.25) is 0 Å². The molecule has 0 fully saturated rings. The summed E-state index contributed by atoms with van der Waals surface area (Å²) in [7, 11) is 1.80. The summed E-state index contributed by atoms with van der Waals surface area (Å²) in [6.07, 6.45) is -2.21. The zero-order valence-corrected chi connectivity index (χ0v) is 26.9. The van der Waals surface area contributed by atoms with Gasteiger partial charge in [-0.1, -0.05) is 36.7 Å². The molecule has 166 valence electrons. The molecule has 0 aliphatic carbocycles. The van der Waals surface area contributed by atoms with Gasteiger partial charge in [0.15, 0.2) is 30.9 Å². The van der Waals surface area contributed by atoms with Crippen molar-refractivity contribution in [2.75, 3.05) is 27.0 Å². The lowest BCUT2D eigenvalue weighted by molar-refractivity contribution is 0.782. The van der Waals surface area contributed by atoms with Crippen LogP contribution in [0.3, 0.4) is 0 Å². The van der Waals surface area contributed by atoms with Crippen LogP contribution in [0.4, 0.5) is 0 Å². The Labute approximate surface area is 208 Å². The first-order chi connectivity index (χ1) is 12.5. The first-order valence-electron chi connectivity index (χ1n) is 7.03. The van der Waals surface area contributed by atoms with E-state index in [1.807, 2.05) is 6.66 Å². The number of hydrogen-bond acceptors (Lipinski definition) is 10. The van der Waals surface area contributed by atoms with Crippen LogP contribution in [0.15, 0.2) is 27.1 Å². The Bertz CT molecular complexity index is 961. The largest absolute Gasteiger partial charge is 0.307 e. The van der Waals surface area contributed by atoms with E-state index in [4.69, 9.17) is 0 Å². The molecule has 0 aromatic rings. The van der Waals surface area contributed by atoms with Crippen molar-refractivity contribution >= 4 is 135 Å². The van der Waals surface area contributed by atoms with E-state index in [9.17, 15) is 0 Å². The van der Waals surface area contributed by atoms with Gasteiger partial charge < -0.3 is 5.32 Å². The van der Waals surface area contributed by atoms with Crippen LogP contribution in [0.2, 0.25) is 0 Å². The van der Waals surface area contributed by atoms with Crippen LogP contribution < -0.4 is 20.6 Å². The van der Waals surface area contributed by atoms with Gasteiger partial charge in [0.05, 0.1) is 13.3 Å². The van der Waals surface area contributed by atoms with E-state index in [2.05, 4.69) is 146 Å². The van der Waals surface area contributed by atoms with Crippen molar-refractivity contribution in [3.8, 4) is 0 Å². The summed E-state index contributed by atoms with van der Waals surface area (Å²) in [6.45, 7) is -5.19. The number of thiol groups is 8. The van der Waals surface area contributed by atoms with Gasteiger partial charge >= 0.3 is 0 Å². The average Bonchev–Trinajstić information content (AvgIpc) is 2.37. The minimum absolute atomic E-state index is 0.241. The predicted octanol–water partition coefficient (Wildman–Crippen LogP) is 7.75. The second-order valence-electron chi connectivity index (χ2n) is 5.36. The van der Waals surface area contributed by atoms with E-state index >= 15 is 0 Å². The Morgan fingerprint density at radius 3 is 1.50 bits per heavy atom. The molecule has 0 amide bonds. The van der Waals surface area contributed by atoms with Crippen molar-refractivity contribution in [1.29, 1.82) is 0 Å². The summed E-state index contributed by atoms with van der Waals surface area (Å²) in [5.41, 5.74) is -4.97. The molecule has 0 aromatic heterocycles. The Morgan fingerprint density at radius 2 is 1.00 bits per heavy atom. The van der Waals surface area contributed by atoms with Crippen LogP contribution in [0.1, 0.15) is 0 Å². The lowest BCUT2D eigenvalue weighted by atomic mass is 11.1. The molecule has 4 atom stereocenters. The van der Waals surface area contributed by atoms with Gasteiger partial charge in [0.1, 0.15) is 6.41 Å². The summed E-state index contributed by atoms with van der Waals surface area (Å²) in [6, 6.07) is 0. The molecule has 0 saturated heterocycles. The lowest BCUT2D eigenvalue weighted by Crippen LogP contribution is -2.23. The third kappa shape index (κ3) is 8.99. The molecular weight excluding hydrogens is 630 g/mol. The molecule has 4 unspecified atom stereocenters. The number of rotatable bonds is 7. The topological polar surface area (TPSA) is 122 Å². The molecule has 2 aliphatic heterocycles. The highest BCUT2D eigenvalue weighted by atomic mass is 33.1. The van der Waals surface area contributed by atoms with Crippen LogP contribution in [0, 0.1) is 0 Å². The van der Waals surface area contributed by atoms with Crippen LogP contribution >= 0.6 is 135 Å². The van der Waals surface area contributed by atoms with Gasteiger partial charge in [0, 0.05) is 0 Å². The molecule has 2 rings (SSSR count). The van der Waals surface area contributed by atoms with Crippen molar-refractivity contribution < 1.29 is 0 Å². The Morgan fingerprint density at radius 1 is 0.571 bits per heavy atom. The minimum Gasteiger partial charge on any atom is -0.307 e. The maximum Gasteiger partial charge on any atom is 0.200 e. The first-order valence-corrected chi connectivity index (χ1v) is 26.9. The molecule has 10 nitrogen and oxygen atoms in total. The summed E-state index contributed by atoms with van der Waals surface area (Å²) >= 11 is 36.4. The van der Waals surface area contributed by atoms with Crippen molar-refractivity contribution in [2.45, 2.75) is 0 Å². The fourth-order valence-corrected chi connectivity index (χ4v) is 40.4. The normalized spacial score (nSPS) is 41.4. The Hall–Kier alpha value is 4.02. The van der Waals surface area contributed by atoms with Gasteiger partial charge in [-0.3, -0.25) is 0 Å². The average molecular weight is 653 g/mol. The molecule has 4 N–H and O–H groups in total. The van der Waals surface area contributed by atoms with Crippen molar-refractivity contribution in [1.82, 2.24) is 20.6 Å². The van der Waals surface area contributed by atoms with Gasteiger partial charge in [-0.25, -0.2) is 24.3 Å². The maximum atomic E-state index is 4.68. The van der Waals surface area contributed by atoms with Crippen molar-refractivity contribution in [3.63, 3.8) is 0 Å². The zero-order chi connectivity index (χ0) is 21.5. The summed E-state index contributed by atoms with van der Waals surface area (Å²) in [4.78, 5) is 0. The van der Waals surface area contributed by atoms with Crippen molar-refractivity contribution in [3.05, 3.63) is 0 Å². The fraction of sp³-hybridized carbons (Fsp3) is 1.00. The standard InChI is InChI=1S/C4H22N10P6S8/c1-5-3-6-17(23)11-18(24,14-20(27,28)13-17)8-4-7-16(22)9-15(2,21)10-19(25,26)12-16/h5-8,21-28H,3-4H2,1-2H3. The molecule has 28 heavy (non-hydrogen) atoms. The number of hydrogen-bond donors (Lipinski definition) is 12. The van der Waals surface area contributed by atoms with Crippen molar-refractivity contribution in [2.24, 2.45) is 27.1 Å². The number of nitrogens with zero attached hydrogens (tertiary/aromatic N) is 6. The highest BCUT2D eigenvalue weighted by Crippen LogP contribution is 2.83. The summed E-state index contributed by atoms with van der Waals surface area (Å²) < 4.78 is 27.2. The molecular formula is C4H22N10P6S8. The lowest BCUT2D eigenvalue weighted by Gasteiger charge is -2.30. The molecule has 0 spiro atoms. The van der Waals surface area contributed by atoms with E-state index < -0.39 is 37.3 Å². The van der Waals surface area contributed by atoms with Crippen LogP contribution in [-0.4, -0.2) is 27.0 Å². The van der Waals surface area contributed by atoms with E-state index in [1.165, 1.54) is 0 Å². The molecule has 24 heteroatoms. The Balaban J connectivity index is 2.26. The van der Waals surface area contributed by atoms with Crippen LogP contribution in [0.25, 0.3) is 0 Å². The predicted molar refractivity (Wildman–Crippen MR) is 162 cm³/mol. The fourth-order valence-electron chi connectivity index (χ4n) is 1.87. The van der Waals surface area contributed by atoms with Gasteiger partial charge in [-0.05, 0) is 13.7 Å². The second kappa shape index (κ2) is 10.3. The maximum absolute atomic E-state index is 4.68. The monoisotopic (exact) mass is 652 g/mol. The van der Waals surface area contributed by atoms with E-state index in [0.29, 0.717) is 6.67 Å². The van der Waals surface area contributed by atoms with Crippen LogP contribution in [0.5, 0.6) is 0 Å². The summed E-state index contributed by atoms with van der Waals surface area (Å²) in [5, 5.41) is 12.6. The molecule has 0 radical (unpaired) electrons. The first kappa shape index (κ1) is 28.3. The quantitative estimate of drug-likeness (QED) is 0.0782. The van der Waals surface area contributed by atoms with E-state index in [-0.39, 0.29) is 6.67 Å². The highest BCUT2D eigenvalue weighted by molar-refractivity contribution is 8.83. The molecule has 0 aromatic carbocycles. The van der Waals surface area contributed by atoms with Gasteiger partial charge in [-0.15, -0.1) is 61.2 Å².